The van der Waals surface area contributed by atoms with E-state index >= 15 is 0 Å². The molecule has 2 aliphatic rings. The monoisotopic (exact) mass is 407 g/mol. The molecule has 0 saturated carbocycles. The molecule has 4 nitrogen and oxygen atoms in total. The first kappa shape index (κ1) is 22.7. The number of rotatable bonds is 4. The van der Waals surface area contributed by atoms with E-state index in [1.807, 2.05) is 11.3 Å². The largest absolute Gasteiger partial charge is 0.342 e. The Morgan fingerprint density at radius 1 is 1.24 bits per heavy atom. The van der Waals surface area contributed by atoms with Crippen LogP contribution in [0.3, 0.4) is 0 Å². The van der Waals surface area contributed by atoms with Crippen molar-refractivity contribution in [1.29, 1.82) is 0 Å². The summed E-state index contributed by atoms with van der Waals surface area (Å²) in [6, 6.07) is 0. The Labute approximate surface area is 168 Å². The summed E-state index contributed by atoms with van der Waals surface area (Å²) < 4.78 is 0. The van der Waals surface area contributed by atoms with Crippen LogP contribution in [0.1, 0.15) is 60.0 Å². The molecule has 0 spiro atoms. The van der Waals surface area contributed by atoms with Gasteiger partial charge in [0.15, 0.2) is 0 Å². The normalized spacial score (nSPS) is 21.4. The van der Waals surface area contributed by atoms with Gasteiger partial charge in [-0.05, 0) is 65.0 Å². The quantitative estimate of drug-likeness (QED) is 0.816. The Kier molecular flexibility index (Phi) is 9.71. The Balaban J connectivity index is 0.00000156. The van der Waals surface area contributed by atoms with Crippen LogP contribution in [0, 0.1) is 19.8 Å². The van der Waals surface area contributed by atoms with Gasteiger partial charge in [-0.2, -0.15) is 0 Å². The predicted molar refractivity (Wildman–Crippen MR) is 109 cm³/mol. The van der Waals surface area contributed by atoms with Gasteiger partial charge in [0.1, 0.15) is 0 Å². The fourth-order valence-electron chi connectivity index (χ4n) is 3.73. The number of carbonyl (C=O) groups excluding carboxylic acids is 1. The van der Waals surface area contributed by atoms with Crippen LogP contribution in [0.25, 0.3) is 0 Å². The van der Waals surface area contributed by atoms with E-state index in [2.05, 4.69) is 24.1 Å². The SMILES string of the molecule is Cc1nc(C2CCCN(C(=O)CCC3CCNCC3)C2)sc1C.Cl.Cl. The molecule has 0 aliphatic carbocycles. The highest BCUT2D eigenvalue weighted by molar-refractivity contribution is 7.11. The van der Waals surface area contributed by atoms with Crippen LogP contribution < -0.4 is 5.32 Å². The van der Waals surface area contributed by atoms with Crippen LogP contribution in [-0.2, 0) is 4.79 Å². The van der Waals surface area contributed by atoms with Crippen molar-refractivity contribution >= 4 is 42.1 Å². The number of hydrogen-bond acceptors (Lipinski definition) is 4. The zero-order valence-electron chi connectivity index (χ0n) is 15.3. The molecule has 0 aromatic carbocycles. The summed E-state index contributed by atoms with van der Waals surface area (Å²) in [5.74, 6) is 1.55. The average molecular weight is 408 g/mol. The number of aryl methyl sites for hydroxylation is 2. The number of hydrogen-bond donors (Lipinski definition) is 1. The van der Waals surface area contributed by atoms with Crippen molar-refractivity contribution in [2.24, 2.45) is 5.92 Å². The van der Waals surface area contributed by atoms with Gasteiger partial charge in [-0.3, -0.25) is 4.79 Å². The number of nitrogens with one attached hydrogen (secondary N) is 1. The molecule has 144 valence electrons. The van der Waals surface area contributed by atoms with Crippen molar-refractivity contribution in [3.63, 3.8) is 0 Å². The molecule has 0 bridgehead atoms. The first-order valence-electron chi connectivity index (χ1n) is 9.06. The third kappa shape index (κ3) is 6.09. The van der Waals surface area contributed by atoms with Crippen molar-refractivity contribution in [2.75, 3.05) is 26.2 Å². The maximum Gasteiger partial charge on any atom is 0.222 e. The van der Waals surface area contributed by atoms with Crippen molar-refractivity contribution < 1.29 is 4.79 Å². The highest BCUT2D eigenvalue weighted by atomic mass is 35.5. The lowest BCUT2D eigenvalue weighted by Crippen LogP contribution is -2.39. The molecule has 1 aromatic rings. The lowest BCUT2D eigenvalue weighted by molar-refractivity contribution is -0.132. The lowest BCUT2D eigenvalue weighted by Gasteiger charge is -2.32. The van der Waals surface area contributed by atoms with Gasteiger partial charge in [0.2, 0.25) is 5.91 Å². The fraction of sp³-hybridized carbons (Fsp3) is 0.778. The number of aromatic nitrogens is 1. The number of thiazole rings is 1. The molecule has 0 radical (unpaired) electrons. The molecule has 1 atom stereocenters. The van der Waals surface area contributed by atoms with E-state index in [9.17, 15) is 4.79 Å². The van der Waals surface area contributed by atoms with E-state index in [0.29, 0.717) is 11.8 Å². The summed E-state index contributed by atoms with van der Waals surface area (Å²) in [6.45, 7) is 8.27. The minimum absolute atomic E-state index is 0. The molecule has 2 aliphatic heterocycles. The van der Waals surface area contributed by atoms with Crippen LogP contribution in [0.15, 0.2) is 0 Å². The lowest BCUT2D eigenvalue weighted by atomic mass is 9.92. The van der Waals surface area contributed by atoms with Crippen molar-refractivity contribution in [1.82, 2.24) is 15.2 Å². The van der Waals surface area contributed by atoms with E-state index in [1.54, 1.807) is 0 Å². The second-order valence-electron chi connectivity index (χ2n) is 7.10. The second kappa shape index (κ2) is 10.7. The third-order valence-electron chi connectivity index (χ3n) is 5.39. The summed E-state index contributed by atoms with van der Waals surface area (Å²) >= 11 is 1.81. The maximum atomic E-state index is 12.6. The van der Waals surface area contributed by atoms with Gasteiger partial charge in [0.05, 0.1) is 10.7 Å². The summed E-state index contributed by atoms with van der Waals surface area (Å²) in [4.78, 5) is 20.7. The van der Waals surface area contributed by atoms with Gasteiger partial charge in [-0.15, -0.1) is 36.2 Å². The van der Waals surface area contributed by atoms with Gasteiger partial charge in [0, 0.05) is 30.3 Å². The van der Waals surface area contributed by atoms with Gasteiger partial charge in [0.25, 0.3) is 0 Å². The molecule has 3 rings (SSSR count). The zero-order valence-corrected chi connectivity index (χ0v) is 17.7. The summed E-state index contributed by atoms with van der Waals surface area (Å²) in [6.07, 6.45) is 6.54. The van der Waals surface area contributed by atoms with Crippen molar-refractivity contribution in [3.05, 3.63) is 15.6 Å². The van der Waals surface area contributed by atoms with Crippen molar-refractivity contribution in [3.8, 4) is 0 Å². The Hall–Kier alpha value is -0.360. The van der Waals surface area contributed by atoms with Gasteiger partial charge in [-0.25, -0.2) is 4.98 Å². The van der Waals surface area contributed by atoms with Gasteiger partial charge in [-0.1, -0.05) is 0 Å². The van der Waals surface area contributed by atoms with Crippen LogP contribution in [-0.4, -0.2) is 42.0 Å². The highest BCUT2D eigenvalue weighted by Gasteiger charge is 2.27. The molecule has 2 fully saturated rings. The molecule has 1 aromatic heterocycles. The first-order valence-corrected chi connectivity index (χ1v) is 9.87. The van der Waals surface area contributed by atoms with E-state index in [0.717, 1.165) is 57.1 Å². The highest BCUT2D eigenvalue weighted by Crippen LogP contribution is 2.31. The van der Waals surface area contributed by atoms with Gasteiger partial charge < -0.3 is 10.2 Å². The molecule has 1 unspecified atom stereocenters. The Morgan fingerprint density at radius 3 is 2.60 bits per heavy atom. The van der Waals surface area contributed by atoms with Crippen LogP contribution >= 0.6 is 36.2 Å². The predicted octanol–water partition coefficient (Wildman–Crippen LogP) is 4.09. The molecule has 3 heterocycles. The van der Waals surface area contributed by atoms with E-state index in [-0.39, 0.29) is 24.8 Å². The van der Waals surface area contributed by atoms with Crippen LogP contribution in [0.2, 0.25) is 0 Å². The van der Waals surface area contributed by atoms with Crippen LogP contribution in [0.4, 0.5) is 0 Å². The standard InChI is InChI=1S/C18H29N3OS.2ClH/c1-13-14(2)23-18(20-13)16-4-3-11-21(12-16)17(22)6-5-15-7-9-19-10-8-15;;/h15-16,19H,3-12H2,1-2H3;2*1H. The molecule has 1 N–H and O–H groups in total. The van der Waals surface area contributed by atoms with E-state index in [1.165, 1.54) is 29.1 Å². The van der Waals surface area contributed by atoms with Crippen molar-refractivity contribution in [2.45, 2.75) is 58.3 Å². The molecular formula is C18H31Cl2N3OS. The summed E-state index contributed by atoms with van der Waals surface area (Å²) in [7, 11) is 0. The Morgan fingerprint density at radius 2 is 1.96 bits per heavy atom. The average Bonchev–Trinajstić information content (AvgIpc) is 2.93. The van der Waals surface area contributed by atoms with E-state index in [4.69, 9.17) is 4.98 Å². The Bertz CT molecular complexity index is 527. The van der Waals surface area contributed by atoms with Crippen LogP contribution in [0.5, 0.6) is 0 Å². The zero-order chi connectivity index (χ0) is 16.2. The third-order valence-corrected chi connectivity index (χ3v) is 6.63. The number of likely N-dealkylation sites (tertiary alicyclic amines) is 1. The molecule has 2 saturated heterocycles. The number of halogens is 2. The van der Waals surface area contributed by atoms with Gasteiger partial charge >= 0.3 is 0 Å². The minimum Gasteiger partial charge on any atom is -0.342 e. The minimum atomic E-state index is 0. The van der Waals surface area contributed by atoms with E-state index < -0.39 is 0 Å². The molecular weight excluding hydrogens is 377 g/mol. The molecule has 7 heteroatoms. The number of amides is 1. The second-order valence-corrected chi connectivity index (χ2v) is 8.34. The number of carbonyl (C=O) groups is 1. The fourth-order valence-corrected chi connectivity index (χ4v) is 4.78. The summed E-state index contributed by atoms with van der Waals surface area (Å²) in [5.41, 5.74) is 1.15. The summed E-state index contributed by atoms with van der Waals surface area (Å²) in [5, 5.41) is 4.63. The molecule has 25 heavy (non-hydrogen) atoms. The topological polar surface area (TPSA) is 45.2 Å². The molecule has 1 amide bonds. The number of nitrogens with zero attached hydrogens (tertiary/aromatic N) is 2. The first-order chi connectivity index (χ1) is 11.1. The number of piperidine rings is 2. The smallest absolute Gasteiger partial charge is 0.222 e. The maximum absolute atomic E-state index is 12.6.